The van der Waals surface area contributed by atoms with Crippen LogP contribution in [0.1, 0.15) is 16.7 Å². The first kappa shape index (κ1) is 14.8. The van der Waals surface area contributed by atoms with Gasteiger partial charge in [0.25, 0.3) is 0 Å². The molecule has 1 amide bonds. The molecule has 2 nitrogen and oxygen atoms in total. The number of amides is 1. The molecular formula is C21H17NO. The standard InChI is InChI=1S/C21H17NO/c22-21(23)20(18-14-8-3-9-15-18)19(16-10-4-1-5-11-16)17-12-6-2-7-13-17/h1-15H,(H2,22,23). The van der Waals surface area contributed by atoms with Gasteiger partial charge in [-0.25, -0.2) is 0 Å². The van der Waals surface area contributed by atoms with Gasteiger partial charge in [0.15, 0.2) is 0 Å². The van der Waals surface area contributed by atoms with Crippen molar-refractivity contribution in [2.24, 2.45) is 5.73 Å². The van der Waals surface area contributed by atoms with Crippen LogP contribution < -0.4 is 5.73 Å². The first-order valence-corrected chi connectivity index (χ1v) is 7.47. The minimum absolute atomic E-state index is 0.432. The highest BCUT2D eigenvalue weighted by Gasteiger charge is 2.17. The van der Waals surface area contributed by atoms with Crippen molar-refractivity contribution in [3.05, 3.63) is 108 Å². The Morgan fingerprint density at radius 2 is 0.913 bits per heavy atom. The molecule has 0 fully saturated rings. The summed E-state index contributed by atoms with van der Waals surface area (Å²) in [5, 5.41) is 0. The van der Waals surface area contributed by atoms with Gasteiger partial charge in [0.2, 0.25) is 5.91 Å². The maximum absolute atomic E-state index is 12.3. The van der Waals surface area contributed by atoms with Gasteiger partial charge < -0.3 is 5.73 Å². The van der Waals surface area contributed by atoms with Crippen molar-refractivity contribution in [1.82, 2.24) is 0 Å². The molecule has 0 saturated carbocycles. The summed E-state index contributed by atoms with van der Waals surface area (Å²) in [6, 6.07) is 29.3. The van der Waals surface area contributed by atoms with Crippen LogP contribution in [0.3, 0.4) is 0 Å². The summed E-state index contributed by atoms with van der Waals surface area (Å²) in [5.74, 6) is -0.432. The lowest BCUT2D eigenvalue weighted by atomic mass is 9.89. The Labute approximate surface area is 135 Å². The van der Waals surface area contributed by atoms with Gasteiger partial charge in [-0.1, -0.05) is 91.0 Å². The highest BCUT2D eigenvalue weighted by Crippen LogP contribution is 2.32. The zero-order valence-electron chi connectivity index (χ0n) is 12.6. The fraction of sp³-hybridized carbons (Fsp3) is 0. The predicted octanol–water partition coefficient (Wildman–Crippen LogP) is 4.13. The van der Waals surface area contributed by atoms with Crippen LogP contribution in [0.15, 0.2) is 91.0 Å². The molecule has 2 N–H and O–H groups in total. The fourth-order valence-corrected chi connectivity index (χ4v) is 2.68. The van der Waals surface area contributed by atoms with Crippen molar-refractivity contribution in [2.45, 2.75) is 0 Å². The zero-order valence-corrected chi connectivity index (χ0v) is 12.6. The second-order valence-corrected chi connectivity index (χ2v) is 5.21. The number of carbonyl (C=O) groups excluding carboxylic acids is 1. The van der Waals surface area contributed by atoms with Crippen LogP contribution in [0.2, 0.25) is 0 Å². The monoisotopic (exact) mass is 299 g/mol. The third-order valence-corrected chi connectivity index (χ3v) is 3.68. The molecule has 0 bridgehead atoms. The summed E-state index contributed by atoms with van der Waals surface area (Å²) in [6.45, 7) is 0. The van der Waals surface area contributed by atoms with Crippen molar-refractivity contribution < 1.29 is 4.79 Å². The van der Waals surface area contributed by atoms with Gasteiger partial charge in [0.1, 0.15) is 0 Å². The van der Waals surface area contributed by atoms with Crippen molar-refractivity contribution in [3.8, 4) is 0 Å². The summed E-state index contributed by atoms with van der Waals surface area (Å²) in [4.78, 5) is 12.3. The van der Waals surface area contributed by atoms with Gasteiger partial charge in [-0.2, -0.15) is 0 Å². The fourth-order valence-electron chi connectivity index (χ4n) is 2.68. The van der Waals surface area contributed by atoms with E-state index in [1.54, 1.807) is 0 Å². The smallest absolute Gasteiger partial charge is 0.249 e. The molecule has 0 spiro atoms. The maximum atomic E-state index is 12.3. The topological polar surface area (TPSA) is 43.1 Å². The van der Waals surface area contributed by atoms with Gasteiger partial charge in [-0.05, 0) is 16.7 Å². The van der Waals surface area contributed by atoms with Crippen molar-refractivity contribution in [3.63, 3.8) is 0 Å². The van der Waals surface area contributed by atoms with E-state index in [0.717, 1.165) is 22.3 Å². The number of carbonyl (C=O) groups is 1. The first-order chi connectivity index (χ1) is 11.3. The van der Waals surface area contributed by atoms with E-state index in [2.05, 4.69) is 0 Å². The number of nitrogens with two attached hydrogens (primary N) is 1. The molecule has 2 heteroatoms. The van der Waals surface area contributed by atoms with E-state index >= 15 is 0 Å². The number of hydrogen-bond donors (Lipinski definition) is 1. The second kappa shape index (κ2) is 6.75. The lowest BCUT2D eigenvalue weighted by Gasteiger charge is -2.14. The molecule has 0 radical (unpaired) electrons. The quantitative estimate of drug-likeness (QED) is 0.571. The third kappa shape index (κ3) is 3.22. The van der Waals surface area contributed by atoms with Gasteiger partial charge in [-0.3, -0.25) is 4.79 Å². The second-order valence-electron chi connectivity index (χ2n) is 5.21. The Morgan fingerprint density at radius 3 is 1.26 bits per heavy atom. The Morgan fingerprint density at radius 1 is 0.565 bits per heavy atom. The molecule has 0 aromatic heterocycles. The Hall–Kier alpha value is -3.13. The molecule has 0 unspecified atom stereocenters. The summed E-state index contributed by atoms with van der Waals surface area (Å²) in [5.41, 5.74) is 9.89. The molecule has 3 rings (SSSR count). The van der Waals surface area contributed by atoms with Crippen molar-refractivity contribution >= 4 is 17.1 Å². The predicted molar refractivity (Wildman–Crippen MR) is 94.4 cm³/mol. The average molecular weight is 299 g/mol. The molecular weight excluding hydrogens is 282 g/mol. The molecule has 0 atom stereocenters. The highest BCUT2D eigenvalue weighted by molar-refractivity contribution is 6.28. The lowest BCUT2D eigenvalue weighted by Crippen LogP contribution is -2.15. The zero-order chi connectivity index (χ0) is 16.1. The van der Waals surface area contributed by atoms with Crippen LogP contribution >= 0.6 is 0 Å². The largest absolute Gasteiger partial charge is 0.366 e. The van der Waals surface area contributed by atoms with Crippen molar-refractivity contribution in [1.29, 1.82) is 0 Å². The van der Waals surface area contributed by atoms with E-state index in [-0.39, 0.29) is 0 Å². The molecule has 3 aromatic carbocycles. The average Bonchev–Trinajstić information content (AvgIpc) is 2.61. The Balaban J connectivity index is 2.34. The minimum atomic E-state index is -0.432. The summed E-state index contributed by atoms with van der Waals surface area (Å²) < 4.78 is 0. The number of primary amides is 1. The highest BCUT2D eigenvalue weighted by atomic mass is 16.1. The van der Waals surface area contributed by atoms with E-state index in [1.807, 2.05) is 91.0 Å². The van der Waals surface area contributed by atoms with Crippen LogP contribution in [0.5, 0.6) is 0 Å². The van der Waals surface area contributed by atoms with E-state index in [0.29, 0.717) is 5.57 Å². The molecule has 112 valence electrons. The lowest BCUT2D eigenvalue weighted by molar-refractivity contribution is -0.112. The summed E-state index contributed by atoms with van der Waals surface area (Å²) in [6.07, 6.45) is 0. The molecule has 0 aliphatic heterocycles. The molecule has 0 aliphatic carbocycles. The molecule has 0 aliphatic rings. The normalized spacial score (nSPS) is 10.1. The Kier molecular flexibility index (Phi) is 4.34. The van der Waals surface area contributed by atoms with Crippen LogP contribution in [0.4, 0.5) is 0 Å². The first-order valence-electron chi connectivity index (χ1n) is 7.47. The maximum Gasteiger partial charge on any atom is 0.249 e. The van der Waals surface area contributed by atoms with E-state index in [9.17, 15) is 4.79 Å². The van der Waals surface area contributed by atoms with Crippen LogP contribution in [0, 0.1) is 0 Å². The van der Waals surface area contributed by atoms with Gasteiger partial charge in [-0.15, -0.1) is 0 Å². The van der Waals surface area contributed by atoms with Gasteiger partial charge >= 0.3 is 0 Å². The minimum Gasteiger partial charge on any atom is -0.366 e. The SMILES string of the molecule is NC(=O)C(=C(c1ccccc1)c1ccccc1)c1ccccc1. The molecule has 0 saturated heterocycles. The van der Waals surface area contributed by atoms with E-state index in [1.165, 1.54) is 0 Å². The van der Waals surface area contributed by atoms with E-state index in [4.69, 9.17) is 5.73 Å². The summed E-state index contributed by atoms with van der Waals surface area (Å²) in [7, 11) is 0. The summed E-state index contributed by atoms with van der Waals surface area (Å²) >= 11 is 0. The van der Waals surface area contributed by atoms with Crippen LogP contribution in [-0.4, -0.2) is 5.91 Å². The van der Waals surface area contributed by atoms with Crippen molar-refractivity contribution in [2.75, 3.05) is 0 Å². The molecule has 23 heavy (non-hydrogen) atoms. The molecule has 3 aromatic rings. The Bertz CT molecular complexity index is 780. The van der Waals surface area contributed by atoms with E-state index < -0.39 is 5.91 Å². The van der Waals surface area contributed by atoms with Crippen LogP contribution in [-0.2, 0) is 4.79 Å². The van der Waals surface area contributed by atoms with Gasteiger partial charge in [0, 0.05) is 5.57 Å². The number of benzene rings is 3. The molecule has 0 heterocycles. The van der Waals surface area contributed by atoms with Gasteiger partial charge in [0.05, 0.1) is 5.57 Å². The third-order valence-electron chi connectivity index (χ3n) is 3.68. The number of rotatable bonds is 4. The number of hydrogen-bond acceptors (Lipinski definition) is 1. The van der Waals surface area contributed by atoms with Crippen LogP contribution in [0.25, 0.3) is 11.1 Å².